The van der Waals surface area contributed by atoms with Gasteiger partial charge in [0.25, 0.3) is 0 Å². The Morgan fingerprint density at radius 1 is 1.19 bits per heavy atom. The average Bonchev–Trinajstić information content (AvgIpc) is 2.98. The van der Waals surface area contributed by atoms with E-state index in [1.165, 1.54) is 31.2 Å². The van der Waals surface area contributed by atoms with Crippen molar-refractivity contribution in [1.29, 1.82) is 0 Å². The Morgan fingerprint density at radius 3 is 2.75 bits per heavy atom. The van der Waals surface area contributed by atoms with Gasteiger partial charge in [-0.1, -0.05) is 31.0 Å². The molecule has 16 heavy (non-hydrogen) atoms. The summed E-state index contributed by atoms with van der Waals surface area (Å²) in [5.41, 5.74) is 7.74. The Balaban J connectivity index is 1.81. The van der Waals surface area contributed by atoms with E-state index in [9.17, 15) is 0 Å². The Hall–Kier alpha value is -1.02. The second-order valence-electron chi connectivity index (χ2n) is 5.08. The van der Waals surface area contributed by atoms with Gasteiger partial charge in [-0.15, -0.1) is 0 Å². The second-order valence-corrected chi connectivity index (χ2v) is 5.08. The Labute approximate surface area is 96.8 Å². The average molecular weight is 217 g/mol. The number of benzene rings is 1. The van der Waals surface area contributed by atoms with Crippen LogP contribution >= 0.6 is 0 Å². The number of nitrogens with two attached hydrogens (primary N) is 1. The Bertz CT molecular complexity index is 371. The summed E-state index contributed by atoms with van der Waals surface area (Å²) in [6.07, 6.45) is 5.32. The molecular weight excluding hydrogens is 198 g/mol. The zero-order valence-electron chi connectivity index (χ0n) is 9.56. The molecule has 3 rings (SSSR count). The number of hydrogen-bond acceptors (Lipinski definition) is 2. The van der Waals surface area contributed by atoms with E-state index in [2.05, 4.69) is 18.2 Å². The first-order valence-electron chi connectivity index (χ1n) is 6.33. The molecule has 0 radical (unpaired) electrons. The summed E-state index contributed by atoms with van der Waals surface area (Å²) in [5.74, 6) is 2.17. The molecule has 0 bridgehead atoms. The lowest BCUT2D eigenvalue weighted by Gasteiger charge is -2.24. The zero-order chi connectivity index (χ0) is 11.0. The van der Waals surface area contributed by atoms with Gasteiger partial charge in [-0.25, -0.2) is 0 Å². The third-order valence-electron chi connectivity index (χ3n) is 4.15. The van der Waals surface area contributed by atoms with Gasteiger partial charge >= 0.3 is 0 Å². The number of fused-ring (bicyclic) bond motifs is 1. The van der Waals surface area contributed by atoms with Gasteiger partial charge in [0.2, 0.25) is 0 Å². The van der Waals surface area contributed by atoms with Crippen molar-refractivity contribution in [3.63, 3.8) is 0 Å². The first-order valence-corrected chi connectivity index (χ1v) is 6.33. The van der Waals surface area contributed by atoms with Gasteiger partial charge in [0.1, 0.15) is 5.75 Å². The van der Waals surface area contributed by atoms with Gasteiger partial charge in [-0.3, -0.25) is 0 Å². The van der Waals surface area contributed by atoms with Crippen LogP contribution in [0.1, 0.15) is 37.2 Å². The molecule has 0 saturated heterocycles. The first-order chi connectivity index (χ1) is 7.86. The lowest BCUT2D eigenvalue weighted by molar-refractivity contribution is 0.283. The minimum atomic E-state index is 0.283. The Kier molecular flexibility index (Phi) is 2.60. The van der Waals surface area contributed by atoms with Crippen LogP contribution in [0.4, 0.5) is 0 Å². The summed E-state index contributed by atoms with van der Waals surface area (Å²) < 4.78 is 5.71. The van der Waals surface area contributed by atoms with E-state index in [0.29, 0.717) is 11.8 Å². The van der Waals surface area contributed by atoms with Crippen molar-refractivity contribution in [2.24, 2.45) is 11.7 Å². The summed E-state index contributed by atoms with van der Waals surface area (Å²) in [7, 11) is 0. The van der Waals surface area contributed by atoms with E-state index in [0.717, 1.165) is 12.4 Å². The van der Waals surface area contributed by atoms with E-state index in [1.807, 2.05) is 6.07 Å². The van der Waals surface area contributed by atoms with Crippen LogP contribution in [0.25, 0.3) is 0 Å². The summed E-state index contributed by atoms with van der Waals surface area (Å²) >= 11 is 0. The number of hydrogen-bond donors (Lipinski definition) is 1. The fourth-order valence-electron chi connectivity index (χ4n) is 3.18. The monoisotopic (exact) mass is 217 g/mol. The van der Waals surface area contributed by atoms with Crippen molar-refractivity contribution in [1.82, 2.24) is 0 Å². The molecule has 0 amide bonds. The van der Waals surface area contributed by atoms with Crippen molar-refractivity contribution in [2.45, 2.75) is 37.6 Å². The normalized spacial score (nSPS) is 26.4. The van der Waals surface area contributed by atoms with Gasteiger partial charge in [0, 0.05) is 17.5 Å². The molecule has 2 heteroatoms. The lowest BCUT2D eigenvalue weighted by atomic mass is 9.84. The highest BCUT2D eigenvalue weighted by Crippen LogP contribution is 2.40. The highest BCUT2D eigenvalue weighted by molar-refractivity contribution is 5.40. The van der Waals surface area contributed by atoms with Crippen molar-refractivity contribution in [3.05, 3.63) is 29.8 Å². The Morgan fingerprint density at radius 2 is 1.94 bits per heavy atom. The van der Waals surface area contributed by atoms with Crippen LogP contribution in [0.2, 0.25) is 0 Å². The fraction of sp³-hybridized carbons (Fsp3) is 0.571. The maximum atomic E-state index is 6.42. The third-order valence-corrected chi connectivity index (χ3v) is 4.15. The molecule has 1 heterocycles. The molecule has 1 saturated carbocycles. The minimum absolute atomic E-state index is 0.283. The summed E-state index contributed by atoms with van der Waals surface area (Å²) in [6.45, 7) is 0.775. The van der Waals surface area contributed by atoms with Gasteiger partial charge in [-0.05, 0) is 24.8 Å². The van der Waals surface area contributed by atoms with Gasteiger partial charge < -0.3 is 10.5 Å². The zero-order valence-corrected chi connectivity index (χ0v) is 9.56. The molecule has 86 valence electrons. The van der Waals surface area contributed by atoms with Crippen LogP contribution in [-0.2, 0) is 0 Å². The van der Waals surface area contributed by atoms with Crippen LogP contribution in [0.5, 0.6) is 5.75 Å². The topological polar surface area (TPSA) is 35.2 Å². The molecule has 2 unspecified atom stereocenters. The molecule has 2 aliphatic rings. The molecule has 1 aromatic carbocycles. The molecule has 1 aliphatic heterocycles. The first kappa shape index (κ1) is 10.2. The van der Waals surface area contributed by atoms with Crippen LogP contribution in [-0.4, -0.2) is 12.6 Å². The standard InChI is InChI=1S/C14H19NO/c15-14(10-5-1-2-6-10)12-9-16-13-8-4-3-7-11(12)13/h3-4,7-8,10,12,14H,1-2,5-6,9,15H2. The quantitative estimate of drug-likeness (QED) is 0.826. The summed E-state index contributed by atoms with van der Waals surface area (Å²) in [5, 5.41) is 0. The smallest absolute Gasteiger partial charge is 0.122 e. The second kappa shape index (κ2) is 4.10. The van der Waals surface area contributed by atoms with E-state index >= 15 is 0 Å². The van der Waals surface area contributed by atoms with Gasteiger partial charge in [0.05, 0.1) is 6.61 Å². The molecule has 2 nitrogen and oxygen atoms in total. The van der Waals surface area contributed by atoms with Crippen molar-refractivity contribution >= 4 is 0 Å². The minimum Gasteiger partial charge on any atom is -0.493 e. The van der Waals surface area contributed by atoms with Crippen LogP contribution in [0.15, 0.2) is 24.3 Å². The predicted octanol–water partition coefficient (Wildman–Crippen LogP) is 2.68. The van der Waals surface area contributed by atoms with Gasteiger partial charge in [0.15, 0.2) is 0 Å². The molecule has 1 fully saturated rings. The number of ether oxygens (including phenoxy) is 1. The fourth-order valence-corrected chi connectivity index (χ4v) is 3.18. The van der Waals surface area contributed by atoms with E-state index in [4.69, 9.17) is 10.5 Å². The van der Waals surface area contributed by atoms with Crippen LogP contribution in [0, 0.1) is 5.92 Å². The van der Waals surface area contributed by atoms with E-state index < -0.39 is 0 Å². The van der Waals surface area contributed by atoms with Crippen LogP contribution < -0.4 is 10.5 Å². The van der Waals surface area contributed by atoms with Crippen molar-refractivity contribution < 1.29 is 4.74 Å². The highest BCUT2D eigenvalue weighted by Gasteiger charge is 2.34. The molecular formula is C14H19NO. The van der Waals surface area contributed by atoms with Gasteiger partial charge in [-0.2, -0.15) is 0 Å². The SMILES string of the molecule is NC(C1CCCC1)C1COc2ccccc21. The molecule has 1 aromatic rings. The molecule has 2 atom stereocenters. The van der Waals surface area contributed by atoms with E-state index in [-0.39, 0.29) is 6.04 Å². The molecule has 2 N–H and O–H groups in total. The predicted molar refractivity (Wildman–Crippen MR) is 64.6 cm³/mol. The summed E-state index contributed by atoms with van der Waals surface area (Å²) in [6, 6.07) is 8.62. The third kappa shape index (κ3) is 1.61. The molecule has 0 aromatic heterocycles. The molecule has 1 aliphatic carbocycles. The number of rotatable bonds is 2. The summed E-state index contributed by atoms with van der Waals surface area (Å²) in [4.78, 5) is 0. The van der Waals surface area contributed by atoms with Crippen molar-refractivity contribution in [2.75, 3.05) is 6.61 Å². The van der Waals surface area contributed by atoms with Crippen molar-refractivity contribution in [3.8, 4) is 5.75 Å². The number of para-hydroxylation sites is 1. The lowest BCUT2D eigenvalue weighted by Crippen LogP contribution is -2.35. The van der Waals surface area contributed by atoms with E-state index in [1.54, 1.807) is 0 Å². The maximum Gasteiger partial charge on any atom is 0.122 e. The maximum absolute atomic E-state index is 6.42. The largest absolute Gasteiger partial charge is 0.493 e. The highest BCUT2D eigenvalue weighted by atomic mass is 16.5. The van der Waals surface area contributed by atoms with Crippen LogP contribution in [0.3, 0.4) is 0 Å². The molecule has 0 spiro atoms.